The Labute approximate surface area is 168 Å². The van der Waals surface area contributed by atoms with Crippen LogP contribution in [0.5, 0.6) is 0 Å². The largest absolute Gasteiger partial charge is 0.443 e. The fourth-order valence-electron chi connectivity index (χ4n) is 2.85. The Balaban J connectivity index is 1.89. The average molecular weight is 394 g/mol. The predicted molar refractivity (Wildman–Crippen MR) is 111 cm³/mol. The predicted octanol–water partition coefficient (Wildman–Crippen LogP) is 4.91. The molecule has 6 heteroatoms. The number of aromatic nitrogens is 1. The highest BCUT2D eigenvalue weighted by atomic mass is 32.1. The Kier molecular flexibility index (Phi) is 5.90. The molecular weight excluding hydrogens is 372 g/mol. The molecule has 144 valence electrons. The van der Waals surface area contributed by atoms with Crippen LogP contribution in [0.1, 0.15) is 43.2 Å². The summed E-state index contributed by atoms with van der Waals surface area (Å²) in [6.45, 7) is 7.46. The number of hydrogen-bond donors (Lipinski definition) is 1. The highest BCUT2D eigenvalue weighted by Crippen LogP contribution is 2.26. The van der Waals surface area contributed by atoms with Gasteiger partial charge in [0.2, 0.25) is 6.10 Å². The van der Waals surface area contributed by atoms with Crippen molar-refractivity contribution in [3.8, 4) is 0 Å². The third kappa shape index (κ3) is 4.46. The fourth-order valence-corrected chi connectivity index (χ4v) is 3.65. The number of aryl methyl sites for hydroxylation is 4. The van der Waals surface area contributed by atoms with Crippen LogP contribution in [0.15, 0.2) is 48.5 Å². The van der Waals surface area contributed by atoms with Gasteiger partial charge in [0.05, 0.1) is 10.7 Å². The van der Waals surface area contributed by atoms with Gasteiger partial charge >= 0.3 is 5.97 Å². The molecule has 1 amide bonds. The third-order valence-electron chi connectivity index (χ3n) is 4.31. The van der Waals surface area contributed by atoms with Gasteiger partial charge in [-0.05, 0) is 44.9 Å². The van der Waals surface area contributed by atoms with E-state index in [1.54, 1.807) is 19.1 Å². The summed E-state index contributed by atoms with van der Waals surface area (Å²) in [6.07, 6.45) is -1.06. The SMILES string of the molecule is Cc1ccc(C)c(NC(=O)C(OC(=O)c2sc(C)nc2C)c2ccccc2)c1. The number of nitrogens with one attached hydrogen (secondary N) is 1. The van der Waals surface area contributed by atoms with Gasteiger partial charge in [0.15, 0.2) is 0 Å². The monoisotopic (exact) mass is 394 g/mol. The Bertz CT molecular complexity index is 1010. The van der Waals surface area contributed by atoms with Crippen LogP contribution < -0.4 is 5.32 Å². The van der Waals surface area contributed by atoms with E-state index in [0.717, 1.165) is 16.1 Å². The summed E-state index contributed by atoms with van der Waals surface area (Å²) in [5.41, 5.74) is 3.88. The number of benzene rings is 2. The first-order valence-electron chi connectivity index (χ1n) is 8.93. The molecule has 3 rings (SSSR count). The van der Waals surface area contributed by atoms with Crippen molar-refractivity contribution in [2.45, 2.75) is 33.8 Å². The third-order valence-corrected chi connectivity index (χ3v) is 5.36. The van der Waals surface area contributed by atoms with E-state index in [-0.39, 0.29) is 0 Å². The number of nitrogens with zero attached hydrogens (tertiary/aromatic N) is 1. The maximum absolute atomic E-state index is 13.0. The number of carbonyl (C=O) groups is 2. The van der Waals surface area contributed by atoms with Crippen LogP contribution in [0.3, 0.4) is 0 Å². The Morgan fingerprint density at radius 1 is 1.04 bits per heavy atom. The number of amides is 1. The molecule has 5 nitrogen and oxygen atoms in total. The number of hydrogen-bond acceptors (Lipinski definition) is 5. The van der Waals surface area contributed by atoms with Crippen molar-refractivity contribution in [2.24, 2.45) is 0 Å². The molecule has 28 heavy (non-hydrogen) atoms. The van der Waals surface area contributed by atoms with Crippen molar-refractivity contribution >= 4 is 28.9 Å². The molecular formula is C22H22N2O3S. The highest BCUT2D eigenvalue weighted by Gasteiger charge is 2.28. The summed E-state index contributed by atoms with van der Waals surface area (Å²) >= 11 is 1.26. The maximum Gasteiger partial charge on any atom is 0.351 e. The molecule has 0 bridgehead atoms. The lowest BCUT2D eigenvalue weighted by atomic mass is 10.1. The number of rotatable bonds is 5. The van der Waals surface area contributed by atoms with Crippen LogP contribution in [0, 0.1) is 27.7 Å². The first-order chi connectivity index (χ1) is 13.3. The summed E-state index contributed by atoms with van der Waals surface area (Å²) in [6, 6.07) is 14.8. The lowest BCUT2D eigenvalue weighted by Gasteiger charge is -2.19. The fraction of sp³-hybridized carbons (Fsp3) is 0.227. The van der Waals surface area contributed by atoms with Gasteiger partial charge in [0.25, 0.3) is 5.91 Å². The van der Waals surface area contributed by atoms with E-state index in [4.69, 9.17) is 4.74 Å². The maximum atomic E-state index is 13.0. The van der Waals surface area contributed by atoms with Crippen molar-refractivity contribution in [3.05, 3.63) is 80.8 Å². The minimum atomic E-state index is -1.06. The Morgan fingerprint density at radius 3 is 2.39 bits per heavy atom. The molecule has 1 aromatic heterocycles. The van der Waals surface area contributed by atoms with E-state index in [9.17, 15) is 9.59 Å². The minimum absolute atomic E-state index is 0.396. The second-order valence-electron chi connectivity index (χ2n) is 6.65. The highest BCUT2D eigenvalue weighted by molar-refractivity contribution is 7.13. The van der Waals surface area contributed by atoms with Crippen molar-refractivity contribution in [3.63, 3.8) is 0 Å². The molecule has 1 atom stereocenters. The molecule has 0 spiro atoms. The van der Waals surface area contributed by atoms with Gasteiger partial charge in [-0.3, -0.25) is 4.79 Å². The Hall–Kier alpha value is -2.99. The van der Waals surface area contributed by atoms with Gasteiger partial charge in [0.1, 0.15) is 4.88 Å². The molecule has 0 radical (unpaired) electrons. The van der Waals surface area contributed by atoms with Crippen LogP contribution in [0.25, 0.3) is 0 Å². The molecule has 1 N–H and O–H groups in total. The van der Waals surface area contributed by atoms with E-state index in [0.29, 0.717) is 21.8 Å². The van der Waals surface area contributed by atoms with Gasteiger partial charge in [0, 0.05) is 11.3 Å². The topological polar surface area (TPSA) is 68.3 Å². The molecule has 0 aliphatic carbocycles. The molecule has 0 fully saturated rings. The molecule has 0 aliphatic heterocycles. The van der Waals surface area contributed by atoms with Gasteiger partial charge in [-0.1, -0.05) is 42.5 Å². The molecule has 1 heterocycles. The zero-order valence-electron chi connectivity index (χ0n) is 16.3. The standard InChI is InChI=1S/C22H22N2O3S/c1-13-10-11-14(2)18(12-13)24-21(25)19(17-8-6-5-7-9-17)27-22(26)20-15(3)23-16(4)28-20/h5-12,19H,1-4H3,(H,24,25). The van der Waals surface area contributed by atoms with E-state index in [1.807, 2.05) is 57.2 Å². The molecule has 0 aliphatic rings. The average Bonchev–Trinajstić information content (AvgIpc) is 3.01. The number of anilines is 1. The van der Waals surface area contributed by atoms with Gasteiger partial charge in [-0.2, -0.15) is 0 Å². The lowest BCUT2D eigenvalue weighted by Crippen LogP contribution is -2.26. The molecule has 0 saturated heterocycles. The number of carbonyl (C=O) groups excluding carboxylic acids is 2. The van der Waals surface area contributed by atoms with Crippen LogP contribution in [0.2, 0.25) is 0 Å². The van der Waals surface area contributed by atoms with Gasteiger partial charge in [-0.25, -0.2) is 9.78 Å². The van der Waals surface area contributed by atoms with Crippen LogP contribution in [-0.4, -0.2) is 16.9 Å². The van der Waals surface area contributed by atoms with Crippen LogP contribution >= 0.6 is 11.3 Å². The van der Waals surface area contributed by atoms with Crippen molar-refractivity contribution in [2.75, 3.05) is 5.32 Å². The van der Waals surface area contributed by atoms with Crippen molar-refractivity contribution in [1.82, 2.24) is 4.98 Å². The number of thiazole rings is 1. The minimum Gasteiger partial charge on any atom is -0.443 e. The van der Waals surface area contributed by atoms with E-state index in [1.165, 1.54) is 11.3 Å². The first-order valence-corrected chi connectivity index (χ1v) is 9.75. The summed E-state index contributed by atoms with van der Waals surface area (Å²) in [5, 5.41) is 3.68. The molecule has 1 unspecified atom stereocenters. The molecule has 2 aromatic carbocycles. The zero-order valence-corrected chi connectivity index (χ0v) is 17.1. The van der Waals surface area contributed by atoms with Crippen molar-refractivity contribution in [1.29, 1.82) is 0 Å². The van der Waals surface area contributed by atoms with E-state index in [2.05, 4.69) is 10.3 Å². The summed E-state index contributed by atoms with van der Waals surface area (Å²) in [7, 11) is 0. The van der Waals surface area contributed by atoms with Gasteiger partial charge in [-0.15, -0.1) is 11.3 Å². The van der Waals surface area contributed by atoms with Crippen molar-refractivity contribution < 1.29 is 14.3 Å². The number of ether oxygens (including phenoxy) is 1. The smallest absolute Gasteiger partial charge is 0.351 e. The first kappa shape index (κ1) is 19.8. The summed E-state index contributed by atoms with van der Waals surface area (Å²) < 4.78 is 5.64. The summed E-state index contributed by atoms with van der Waals surface area (Å²) in [4.78, 5) is 30.4. The van der Waals surface area contributed by atoms with Crippen LogP contribution in [-0.2, 0) is 9.53 Å². The number of esters is 1. The Morgan fingerprint density at radius 2 is 1.75 bits per heavy atom. The zero-order chi connectivity index (χ0) is 20.3. The normalized spacial score (nSPS) is 11.7. The quantitative estimate of drug-likeness (QED) is 0.624. The molecule has 0 saturated carbocycles. The van der Waals surface area contributed by atoms with E-state index >= 15 is 0 Å². The van der Waals surface area contributed by atoms with E-state index < -0.39 is 18.0 Å². The van der Waals surface area contributed by atoms with Crippen LogP contribution in [0.4, 0.5) is 5.69 Å². The van der Waals surface area contributed by atoms with Gasteiger partial charge < -0.3 is 10.1 Å². The molecule has 3 aromatic rings. The lowest BCUT2D eigenvalue weighted by molar-refractivity contribution is -0.125. The second-order valence-corrected chi connectivity index (χ2v) is 7.85. The second kappa shape index (κ2) is 8.35. The summed E-state index contributed by atoms with van der Waals surface area (Å²) in [5.74, 6) is -0.944.